The van der Waals surface area contributed by atoms with Crippen molar-refractivity contribution in [2.45, 2.75) is 6.92 Å². The molecule has 0 aliphatic rings. The zero-order chi connectivity index (χ0) is 23.5. The Bertz CT molecular complexity index is 1330. The molecule has 0 radical (unpaired) electrons. The minimum atomic E-state index is -0.594. The van der Waals surface area contributed by atoms with Gasteiger partial charge in [-0.25, -0.2) is 14.8 Å². The van der Waals surface area contributed by atoms with Gasteiger partial charge in [-0.1, -0.05) is 0 Å². The van der Waals surface area contributed by atoms with Crippen LogP contribution in [0.5, 0.6) is 5.75 Å². The number of nitrogens with zero attached hydrogens (tertiary/aromatic N) is 4. The lowest BCUT2D eigenvalue weighted by molar-refractivity contribution is 0.0992. The van der Waals surface area contributed by atoms with Crippen LogP contribution >= 0.6 is 0 Å². The minimum Gasteiger partial charge on any atom is -0.497 e. The van der Waals surface area contributed by atoms with E-state index >= 15 is 0 Å². The van der Waals surface area contributed by atoms with E-state index in [1.165, 1.54) is 7.11 Å². The Balaban J connectivity index is 1.65. The number of aryl methyl sites for hydroxylation is 1. The summed E-state index contributed by atoms with van der Waals surface area (Å²) in [5, 5.41) is 2.51. The number of carbonyl (C=O) groups is 2. The zero-order valence-corrected chi connectivity index (χ0v) is 18.7. The normalized spacial score (nSPS) is 10.7. The van der Waals surface area contributed by atoms with E-state index in [4.69, 9.17) is 4.74 Å². The van der Waals surface area contributed by atoms with Crippen molar-refractivity contribution in [2.24, 2.45) is 0 Å². The van der Waals surface area contributed by atoms with Crippen molar-refractivity contribution >= 4 is 29.2 Å². The molecule has 9 heteroatoms. The van der Waals surface area contributed by atoms with Gasteiger partial charge in [0.05, 0.1) is 31.7 Å². The van der Waals surface area contributed by atoms with Crippen molar-refractivity contribution in [3.63, 3.8) is 0 Å². The molecule has 1 aromatic carbocycles. The summed E-state index contributed by atoms with van der Waals surface area (Å²) in [7, 11) is 4.61. The largest absolute Gasteiger partial charge is 0.497 e. The number of fused-ring (bicyclic) bond motifs is 1. The SMILES string of the molecule is COC(=O)Nc1ccc(-c2cnc3ccc(C(=O)N(C)c4cc(C)cc(OC)c4)cn23)cn1. The van der Waals surface area contributed by atoms with Crippen molar-refractivity contribution in [1.82, 2.24) is 14.4 Å². The molecule has 9 nitrogen and oxygen atoms in total. The number of methoxy groups -OCH3 is 2. The highest BCUT2D eigenvalue weighted by atomic mass is 16.5. The summed E-state index contributed by atoms with van der Waals surface area (Å²) in [6, 6.07) is 12.7. The van der Waals surface area contributed by atoms with Gasteiger partial charge in [-0.2, -0.15) is 0 Å². The lowest BCUT2D eigenvalue weighted by Gasteiger charge is -2.19. The quantitative estimate of drug-likeness (QED) is 0.495. The van der Waals surface area contributed by atoms with Crippen LogP contribution < -0.4 is 15.0 Å². The van der Waals surface area contributed by atoms with E-state index in [-0.39, 0.29) is 5.91 Å². The van der Waals surface area contributed by atoms with Gasteiger partial charge in [0.2, 0.25) is 0 Å². The Kier molecular flexibility index (Phi) is 5.95. The van der Waals surface area contributed by atoms with Crippen LogP contribution in [0.2, 0.25) is 0 Å². The van der Waals surface area contributed by atoms with Crippen LogP contribution in [0, 0.1) is 6.92 Å². The number of ether oxygens (including phenoxy) is 2. The number of hydrogen-bond donors (Lipinski definition) is 1. The predicted octanol–water partition coefficient (Wildman–Crippen LogP) is 4.17. The first-order valence-corrected chi connectivity index (χ1v) is 10.1. The van der Waals surface area contributed by atoms with Crippen molar-refractivity contribution in [3.05, 3.63) is 72.2 Å². The average molecular weight is 445 g/mol. The van der Waals surface area contributed by atoms with Gasteiger partial charge in [0.15, 0.2) is 0 Å². The third-order valence-corrected chi connectivity index (χ3v) is 5.19. The Labute approximate surface area is 190 Å². The van der Waals surface area contributed by atoms with Crippen LogP contribution in [0.4, 0.5) is 16.3 Å². The number of benzene rings is 1. The molecule has 0 aliphatic heterocycles. The molecule has 0 saturated carbocycles. The van der Waals surface area contributed by atoms with Crippen LogP contribution in [0.15, 0.2) is 61.1 Å². The Morgan fingerprint density at radius 3 is 2.55 bits per heavy atom. The molecule has 3 heterocycles. The predicted molar refractivity (Wildman–Crippen MR) is 125 cm³/mol. The number of nitrogens with one attached hydrogen (secondary N) is 1. The summed E-state index contributed by atoms with van der Waals surface area (Å²) in [6.07, 6.45) is 4.49. The van der Waals surface area contributed by atoms with Crippen molar-refractivity contribution < 1.29 is 19.1 Å². The fourth-order valence-corrected chi connectivity index (χ4v) is 3.45. The summed E-state index contributed by atoms with van der Waals surface area (Å²) in [5.74, 6) is 0.889. The summed E-state index contributed by atoms with van der Waals surface area (Å²) < 4.78 is 11.7. The van der Waals surface area contributed by atoms with Gasteiger partial charge in [-0.05, 0) is 48.9 Å². The summed E-state index contributed by atoms with van der Waals surface area (Å²) in [5.41, 5.74) is 4.46. The second kappa shape index (κ2) is 8.99. The Morgan fingerprint density at radius 1 is 1.03 bits per heavy atom. The van der Waals surface area contributed by atoms with E-state index in [0.29, 0.717) is 22.8 Å². The molecule has 0 spiro atoms. The molecular formula is C24H23N5O4. The number of carbonyl (C=O) groups excluding carboxylic acids is 2. The van der Waals surface area contributed by atoms with Crippen LogP contribution in [0.1, 0.15) is 15.9 Å². The lowest BCUT2D eigenvalue weighted by Crippen LogP contribution is -2.26. The molecule has 4 aromatic rings. The van der Waals surface area contributed by atoms with Crippen molar-refractivity contribution in [2.75, 3.05) is 31.5 Å². The van der Waals surface area contributed by atoms with Crippen LogP contribution in [0.3, 0.4) is 0 Å². The standard InChI is InChI=1S/C24H23N5O4/c1-15-9-18(11-19(10-15)32-3)28(2)23(30)17-6-8-22-26-13-20(29(22)14-17)16-5-7-21(25-12-16)27-24(31)33-4/h5-14H,1-4H3,(H,25,27,31). The molecule has 0 saturated heterocycles. The van der Waals surface area contributed by atoms with Gasteiger partial charge < -0.3 is 14.4 Å². The molecule has 33 heavy (non-hydrogen) atoms. The maximum absolute atomic E-state index is 13.2. The first-order chi connectivity index (χ1) is 15.9. The molecule has 4 rings (SSSR count). The molecule has 2 amide bonds. The fraction of sp³-hybridized carbons (Fsp3) is 0.167. The number of aromatic nitrogens is 3. The number of rotatable bonds is 5. The van der Waals surface area contributed by atoms with Gasteiger partial charge in [0.1, 0.15) is 17.2 Å². The molecule has 0 aliphatic carbocycles. The first kappa shape index (κ1) is 21.8. The number of hydrogen-bond acceptors (Lipinski definition) is 6. The molecule has 0 bridgehead atoms. The average Bonchev–Trinajstić information content (AvgIpc) is 3.26. The monoisotopic (exact) mass is 445 g/mol. The van der Waals surface area contributed by atoms with E-state index in [1.54, 1.807) is 61.9 Å². The maximum Gasteiger partial charge on any atom is 0.412 e. The van der Waals surface area contributed by atoms with Gasteiger partial charge in [0.25, 0.3) is 5.91 Å². The second-order valence-corrected chi connectivity index (χ2v) is 7.41. The molecule has 0 unspecified atom stereocenters. The third-order valence-electron chi connectivity index (χ3n) is 5.19. The number of pyridine rings is 2. The molecule has 168 valence electrons. The second-order valence-electron chi connectivity index (χ2n) is 7.41. The summed E-state index contributed by atoms with van der Waals surface area (Å²) in [6.45, 7) is 1.95. The highest BCUT2D eigenvalue weighted by molar-refractivity contribution is 6.06. The third kappa shape index (κ3) is 4.47. The number of amides is 2. The highest BCUT2D eigenvalue weighted by Gasteiger charge is 2.17. The van der Waals surface area contributed by atoms with Crippen LogP contribution in [-0.4, -0.2) is 47.6 Å². The van der Waals surface area contributed by atoms with E-state index in [9.17, 15) is 9.59 Å². The van der Waals surface area contributed by atoms with E-state index < -0.39 is 6.09 Å². The molecular weight excluding hydrogens is 422 g/mol. The van der Waals surface area contributed by atoms with Gasteiger partial charge in [-0.3, -0.25) is 14.5 Å². The topological polar surface area (TPSA) is 98.1 Å². The summed E-state index contributed by atoms with van der Waals surface area (Å²) in [4.78, 5) is 34.8. The van der Waals surface area contributed by atoms with Gasteiger partial charge in [0, 0.05) is 36.8 Å². The van der Waals surface area contributed by atoms with Crippen LogP contribution in [-0.2, 0) is 4.74 Å². The molecule has 1 N–H and O–H groups in total. The zero-order valence-electron chi connectivity index (χ0n) is 18.7. The van der Waals surface area contributed by atoms with Crippen molar-refractivity contribution in [3.8, 4) is 17.0 Å². The lowest BCUT2D eigenvalue weighted by atomic mass is 10.1. The first-order valence-electron chi connectivity index (χ1n) is 10.1. The minimum absolute atomic E-state index is 0.167. The fourth-order valence-electron chi connectivity index (χ4n) is 3.45. The Morgan fingerprint density at radius 2 is 1.85 bits per heavy atom. The van der Waals surface area contributed by atoms with Gasteiger partial charge >= 0.3 is 6.09 Å². The Hall–Kier alpha value is -4.40. The smallest absolute Gasteiger partial charge is 0.412 e. The van der Waals surface area contributed by atoms with E-state index in [1.807, 2.05) is 29.5 Å². The van der Waals surface area contributed by atoms with Crippen molar-refractivity contribution in [1.29, 1.82) is 0 Å². The van der Waals surface area contributed by atoms with E-state index in [0.717, 1.165) is 22.5 Å². The summed E-state index contributed by atoms with van der Waals surface area (Å²) >= 11 is 0. The number of anilines is 2. The maximum atomic E-state index is 13.2. The molecule has 0 atom stereocenters. The molecule has 0 fully saturated rings. The van der Waals surface area contributed by atoms with Crippen LogP contribution in [0.25, 0.3) is 16.9 Å². The number of imidazole rings is 1. The molecule has 3 aromatic heterocycles. The van der Waals surface area contributed by atoms with Gasteiger partial charge in [-0.15, -0.1) is 0 Å². The highest BCUT2D eigenvalue weighted by Crippen LogP contribution is 2.26. The van der Waals surface area contributed by atoms with E-state index in [2.05, 4.69) is 20.0 Å².